The number of Topliss-reactive ketones (excluding diaryl/α,β-unsaturated/α-hetero) is 1. The van der Waals surface area contributed by atoms with Crippen LogP contribution in [0.5, 0.6) is 0 Å². The molecule has 1 rings (SSSR count). The third-order valence-corrected chi connectivity index (χ3v) is 2.69. The number of hydrogen-bond acceptors (Lipinski definition) is 1. The molecule has 1 aromatic carbocycles. The van der Waals surface area contributed by atoms with Crippen LogP contribution in [-0.2, 0) is 0 Å². The van der Waals surface area contributed by atoms with E-state index in [-0.39, 0.29) is 5.78 Å². The van der Waals surface area contributed by atoms with Gasteiger partial charge in [-0.1, -0.05) is 60.5 Å². The fourth-order valence-electron chi connectivity index (χ4n) is 0.961. The van der Waals surface area contributed by atoms with Crippen LogP contribution in [0.15, 0.2) is 30.3 Å². The monoisotopic (exact) mass is 216 g/mol. The Labute approximate surface area is 87.7 Å². The van der Waals surface area contributed by atoms with E-state index in [0.29, 0.717) is 12.0 Å². The fourth-order valence-corrected chi connectivity index (χ4v) is 1.18. The van der Waals surface area contributed by atoms with Gasteiger partial charge in [0.2, 0.25) is 0 Å². The Hall–Kier alpha value is -0.530. The van der Waals surface area contributed by atoms with E-state index in [9.17, 15) is 4.79 Å². The number of hydrogen-bond donors (Lipinski definition) is 0. The summed E-state index contributed by atoms with van der Waals surface area (Å²) in [5.41, 5.74) is 0.550. The van der Waals surface area contributed by atoms with Crippen molar-refractivity contribution in [1.82, 2.24) is 0 Å². The summed E-state index contributed by atoms with van der Waals surface area (Å²) in [7, 11) is 0. The van der Waals surface area contributed by atoms with Crippen molar-refractivity contribution < 1.29 is 4.79 Å². The molecule has 0 saturated heterocycles. The first-order valence-electron chi connectivity index (χ1n) is 4.05. The highest BCUT2D eigenvalue weighted by Crippen LogP contribution is 2.29. The number of ketones is 1. The number of halogens is 2. The van der Waals surface area contributed by atoms with Crippen LogP contribution in [0.3, 0.4) is 0 Å². The first kappa shape index (κ1) is 10.6. The lowest BCUT2D eigenvalue weighted by Crippen LogP contribution is -2.24. The summed E-state index contributed by atoms with van der Waals surface area (Å²) in [6.07, 6.45) is 0.407. The average molecular weight is 217 g/mol. The fraction of sp³-hybridized carbons (Fsp3) is 0.300. The quantitative estimate of drug-likeness (QED) is 0.559. The number of rotatable bonds is 3. The lowest BCUT2D eigenvalue weighted by Gasteiger charge is -2.15. The van der Waals surface area contributed by atoms with Crippen molar-refractivity contribution in [2.75, 3.05) is 0 Å². The molecule has 3 heteroatoms. The van der Waals surface area contributed by atoms with Crippen LogP contribution >= 0.6 is 23.2 Å². The average Bonchev–Trinajstić information content (AvgIpc) is 2.18. The Morgan fingerprint density at radius 1 is 1.31 bits per heavy atom. The van der Waals surface area contributed by atoms with Crippen molar-refractivity contribution >= 4 is 29.0 Å². The molecule has 0 N–H and O–H groups in total. The van der Waals surface area contributed by atoms with E-state index in [1.807, 2.05) is 6.07 Å². The molecule has 0 bridgehead atoms. The molecule has 0 atom stereocenters. The Kier molecular flexibility index (Phi) is 3.34. The zero-order valence-electron chi connectivity index (χ0n) is 7.26. The van der Waals surface area contributed by atoms with Crippen molar-refractivity contribution in [3.05, 3.63) is 35.9 Å². The van der Waals surface area contributed by atoms with Crippen molar-refractivity contribution in [1.29, 1.82) is 0 Å². The highest BCUT2D eigenvalue weighted by atomic mass is 35.5. The molecule has 0 spiro atoms. The molecule has 0 aliphatic heterocycles. The SMILES string of the molecule is CCC(Cl)(Cl)C(=O)c1ccccc1. The zero-order chi connectivity index (χ0) is 9.90. The minimum Gasteiger partial charge on any atom is -0.291 e. The number of alkyl halides is 2. The Morgan fingerprint density at radius 2 is 1.85 bits per heavy atom. The molecule has 0 saturated carbocycles. The summed E-state index contributed by atoms with van der Waals surface area (Å²) in [6, 6.07) is 8.82. The molecule has 1 aromatic rings. The van der Waals surface area contributed by atoms with E-state index >= 15 is 0 Å². The van der Waals surface area contributed by atoms with E-state index in [1.54, 1.807) is 31.2 Å². The van der Waals surface area contributed by atoms with Crippen LogP contribution in [0.25, 0.3) is 0 Å². The predicted molar refractivity (Wildman–Crippen MR) is 55.5 cm³/mol. The molecule has 0 amide bonds. The number of carbonyl (C=O) groups excluding carboxylic acids is 1. The van der Waals surface area contributed by atoms with Gasteiger partial charge in [-0.3, -0.25) is 4.79 Å². The van der Waals surface area contributed by atoms with E-state index in [2.05, 4.69) is 0 Å². The van der Waals surface area contributed by atoms with Crippen molar-refractivity contribution in [3.63, 3.8) is 0 Å². The Balaban J connectivity index is 2.93. The molecule has 0 aliphatic carbocycles. The highest BCUT2D eigenvalue weighted by Gasteiger charge is 2.31. The molecule has 0 aromatic heterocycles. The Morgan fingerprint density at radius 3 is 2.31 bits per heavy atom. The topological polar surface area (TPSA) is 17.1 Å². The maximum atomic E-state index is 11.6. The van der Waals surface area contributed by atoms with Crippen LogP contribution in [0, 0.1) is 0 Å². The summed E-state index contributed by atoms with van der Waals surface area (Å²) in [4.78, 5) is 11.6. The third kappa shape index (κ3) is 2.45. The van der Waals surface area contributed by atoms with Gasteiger partial charge in [0.15, 0.2) is 10.1 Å². The van der Waals surface area contributed by atoms with Crippen LogP contribution in [0.4, 0.5) is 0 Å². The largest absolute Gasteiger partial charge is 0.291 e. The Bertz CT molecular complexity index is 293. The summed E-state index contributed by atoms with van der Waals surface area (Å²) < 4.78 is -1.29. The molecular formula is C10H10Cl2O. The van der Waals surface area contributed by atoms with Gasteiger partial charge in [-0.2, -0.15) is 0 Å². The molecule has 1 nitrogen and oxygen atoms in total. The van der Waals surface area contributed by atoms with E-state index in [4.69, 9.17) is 23.2 Å². The summed E-state index contributed by atoms with van der Waals surface area (Å²) in [6.45, 7) is 1.78. The van der Waals surface area contributed by atoms with E-state index in [1.165, 1.54) is 0 Å². The summed E-state index contributed by atoms with van der Waals surface area (Å²) in [5.74, 6) is -0.237. The molecule has 13 heavy (non-hydrogen) atoms. The molecule has 0 aliphatic rings. The normalized spacial score (nSPS) is 11.3. The molecule has 0 unspecified atom stereocenters. The second kappa shape index (κ2) is 4.12. The van der Waals surface area contributed by atoms with Gasteiger partial charge in [0, 0.05) is 5.56 Å². The first-order chi connectivity index (χ1) is 6.08. The van der Waals surface area contributed by atoms with Gasteiger partial charge in [0.05, 0.1) is 0 Å². The lowest BCUT2D eigenvalue weighted by atomic mass is 10.1. The lowest BCUT2D eigenvalue weighted by molar-refractivity contribution is 0.0971. The maximum absolute atomic E-state index is 11.6. The van der Waals surface area contributed by atoms with Crippen molar-refractivity contribution in [2.24, 2.45) is 0 Å². The maximum Gasteiger partial charge on any atom is 0.198 e. The third-order valence-electron chi connectivity index (χ3n) is 1.81. The van der Waals surface area contributed by atoms with Gasteiger partial charge in [-0.15, -0.1) is 0 Å². The van der Waals surface area contributed by atoms with Crippen LogP contribution < -0.4 is 0 Å². The second-order valence-corrected chi connectivity index (χ2v) is 4.24. The second-order valence-electron chi connectivity index (χ2n) is 2.75. The summed E-state index contributed by atoms with van der Waals surface area (Å²) >= 11 is 11.6. The van der Waals surface area contributed by atoms with Crippen LogP contribution in [0.1, 0.15) is 23.7 Å². The van der Waals surface area contributed by atoms with Gasteiger partial charge < -0.3 is 0 Å². The molecular weight excluding hydrogens is 207 g/mol. The smallest absolute Gasteiger partial charge is 0.198 e. The van der Waals surface area contributed by atoms with Gasteiger partial charge in [0.25, 0.3) is 0 Å². The molecule has 70 valence electrons. The van der Waals surface area contributed by atoms with E-state index in [0.717, 1.165) is 0 Å². The van der Waals surface area contributed by atoms with Gasteiger partial charge >= 0.3 is 0 Å². The first-order valence-corrected chi connectivity index (χ1v) is 4.81. The van der Waals surface area contributed by atoms with Gasteiger partial charge in [-0.05, 0) is 6.42 Å². The molecule has 0 fully saturated rings. The van der Waals surface area contributed by atoms with Gasteiger partial charge in [-0.25, -0.2) is 0 Å². The summed E-state index contributed by atoms with van der Waals surface area (Å²) in [5, 5.41) is 0. The molecule has 0 radical (unpaired) electrons. The minimum absolute atomic E-state index is 0.237. The van der Waals surface area contributed by atoms with E-state index < -0.39 is 4.33 Å². The van der Waals surface area contributed by atoms with Crippen molar-refractivity contribution in [3.8, 4) is 0 Å². The minimum atomic E-state index is -1.29. The highest BCUT2D eigenvalue weighted by molar-refractivity contribution is 6.59. The standard InChI is InChI=1S/C10H10Cl2O/c1-2-10(11,12)9(13)8-6-4-3-5-7-8/h3-7H,2H2,1H3. The van der Waals surface area contributed by atoms with Crippen LogP contribution in [-0.4, -0.2) is 10.1 Å². The molecule has 0 heterocycles. The number of benzene rings is 1. The zero-order valence-corrected chi connectivity index (χ0v) is 8.77. The van der Waals surface area contributed by atoms with Gasteiger partial charge in [0.1, 0.15) is 0 Å². The van der Waals surface area contributed by atoms with Crippen LogP contribution in [0.2, 0.25) is 0 Å². The number of carbonyl (C=O) groups is 1. The van der Waals surface area contributed by atoms with Crippen molar-refractivity contribution in [2.45, 2.75) is 17.7 Å². The predicted octanol–water partition coefficient (Wildman–Crippen LogP) is 3.45.